The third-order valence-corrected chi connectivity index (χ3v) is 6.94. The summed E-state index contributed by atoms with van der Waals surface area (Å²) in [7, 11) is -3.02. The Morgan fingerprint density at radius 1 is 1.21 bits per heavy atom. The number of carbonyl (C=O) groups excluding carboxylic acids is 1. The summed E-state index contributed by atoms with van der Waals surface area (Å²) in [5.74, 6) is 1.75. The highest BCUT2D eigenvalue weighted by Gasteiger charge is 2.43. The smallest absolute Gasteiger partial charge is 0.315 e. The molecule has 1 aromatic rings. The van der Waals surface area contributed by atoms with E-state index in [1.807, 2.05) is 0 Å². The lowest BCUT2D eigenvalue weighted by molar-refractivity contribution is 0.218. The van der Waals surface area contributed by atoms with Crippen molar-refractivity contribution in [1.82, 2.24) is 20.8 Å². The molecule has 1 atom stereocenters. The molecule has 1 saturated heterocycles. The Labute approximate surface area is 140 Å². The molecule has 0 radical (unpaired) electrons. The van der Waals surface area contributed by atoms with Crippen molar-refractivity contribution >= 4 is 15.9 Å². The number of carbonyl (C=O) groups is 1. The summed E-state index contributed by atoms with van der Waals surface area (Å²) < 4.78 is 28.4. The van der Waals surface area contributed by atoms with Crippen LogP contribution in [0.5, 0.6) is 0 Å². The van der Waals surface area contributed by atoms with E-state index >= 15 is 0 Å². The maximum atomic E-state index is 12.4. The molecule has 24 heavy (non-hydrogen) atoms. The van der Waals surface area contributed by atoms with Crippen LogP contribution in [0.1, 0.15) is 62.6 Å². The predicted octanol–water partition coefficient (Wildman–Crippen LogP) is 1.20. The Hall–Kier alpha value is -1.64. The van der Waals surface area contributed by atoms with Crippen molar-refractivity contribution in [2.45, 2.75) is 62.4 Å². The van der Waals surface area contributed by atoms with Crippen LogP contribution in [-0.2, 0) is 15.4 Å². The molecule has 3 aliphatic rings. The summed E-state index contributed by atoms with van der Waals surface area (Å²) in [5.41, 5.74) is -0.599. The van der Waals surface area contributed by atoms with E-state index in [2.05, 4.69) is 20.8 Å². The van der Waals surface area contributed by atoms with Crippen molar-refractivity contribution in [1.29, 1.82) is 0 Å². The van der Waals surface area contributed by atoms with E-state index in [1.54, 1.807) is 0 Å². The SMILES string of the molecule is O=C(NC1CCS(=O)(=O)C1)NC1(c2noc(C3CC3)n2)CCCC1. The number of urea groups is 1. The minimum Gasteiger partial charge on any atom is -0.339 e. The van der Waals surface area contributed by atoms with Crippen LogP contribution in [0.25, 0.3) is 0 Å². The number of nitrogens with one attached hydrogen (secondary N) is 2. The maximum absolute atomic E-state index is 12.4. The molecule has 2 aliphatic carbocycles. The fourth-order valence-corrected chi connectivity index (χ4v) is 5.33. The maximum Gasteiger partial charge on any atom is 0.315 e. The molecular weight excluding hydrogens is 332 g/mol. The second-order valence-corrected chi connectivity index (χ2v) is 9.45. The van der Waals surface area contributed by atoms with Crippen molar-refractivity contribution in [3.05, 3.63) is 11.7 Å². The molecule has 9 heteroatoms. The Morgan fingerprint density at radius 2 is 1.96 bits per heavy atom. The highest BCUT2D eigenvalue weighted by Crippen LogP contribution is 2.42. The van der Waals surface area contributed by atoms with E-state index in [0.29, 0.717) is 24.1 Å². The summed E-state index contributed by atoms with van der Waals surface area (Å²) >= 11 is 0. The van der Waals surface area contributed by atoms with Gasteiger partial charge in [0.25, 0.3) is 0 Å². The van der Waals surface area contributed by atoms with Gasteiger partial charge in [-0.15, -0.1) is 0 Å². The molecule has 2 N–H and O–H groups in total. The van der Waals surface area contributed by atoms with Gasteiger partial charge in [-0.2, -0.15) is 4.98 Å². The first-order valence-corrected chi connectivity index (χ1v) is 10.4. The lowest BCUT2D eigenvalue weighted by Crippen LogP contribution is -2.51. The number of rotatable bonds is 4. The fourth-order valence-electron chi connectivity index (χ4n) is 3.66. The molecule has 3 fully saturated rings. The lowest BCUT2D eigenvalue weighted by atomic mass is 9.97. The van der Waals surface area contributed by atoms with Crippen LogP contribution in [-0.4, -0.2) is 42.1 Å². The number of nitrogens with zero attached hydrogens (tertiary/aromatic N) is 2. The third kappa shape index (κ3) is 3.13. The van der Waals surface area contributed by atoms with Gasteiger partial charge in [-0.25, -0.2) is 13.2 Å². The molecule has 0 aromatic carbocycles. The third-order valence-electron chi connectivity index (χ3n) is 5.17. The van der Waals surface area contributed by atoms with E-state index in [0.717, 1.165) is 38.5 Å². The van der Waals surface area contributed by atoms with Crippen LogP contribution in [0.15, 0.2) is 4.52 Å². The molecule has 132 valence electrons. The van der Waals surface area contributed by atoms with Crippen LogP contribution in [0.2, 0.25) is 0 Å². The average Bonchev–Trinajstić information content (AvgIpc) is 2.94. The van der Waals surface area contributed by atoms with E-state index in [-0.39, 0.29) is 23.6 Å². The minimum atomic E-state index is -3.02. The van der Waals surface area contributed by atoms with Gasteiger partial charge in [-0.3, -0.25) is 0 Å². The van der Waals surface area contributed by atoms with Gasteiger partial charge in [0, 0.05) is 12.0 Å². The molecule has 2 saturated carbocycles. The zero-order valence-corrected chi connectivity index (χ0v) is 14.3. The second kappa shape index (κ2) is 5.72. The van der Waals surface area contributed by atoms with E-state index < -0.39 is 15.4 Å². The lowest BCUT2D eigenvalue weighted by Gasteiger charge is -2.27. The van der Waals surface area contributed by atoms with Gasteiger partial charge >= 0.3 is 6.03 Å². The molecule has 2 heterocycles. The molecule has 1 aliphatic heterocycles. The topological polar surface area (TPSA) is 114 Å². The normalized spacial score (nSPS) is 27.9. The summed E-state index contributed by atoms with van der Waals surface area (Å²) in [5, 5.41) is 9.90. The van der Waals surface area contributed by atoms with E-state index in [1.165, 1.54) is 0 Å². The van der Waals surface area contributed by atoms with Crippen LogP contribution in [0.4, 0.5) is 4.79 Å². The molecule has 0 spiro atoms. The zero-order valence-electron chi connectivity index (χ0n) is 13.5. The number of hydrogen-bond acceptors (Lipinski definition) is 6. The molecular formula is C15H22N4O4S. The van der Waals surface area contributed by atoms with Crippen LogP contribution in [0, 0.1) is 0 Å². The van der Waals surface area contributed by atoms with Crippen molar-refractivity contribution in [2.24, 2.45) is 0 Å². The Morgan fingerprint density at radius 3 is 2.58 bits per heavy atom. The van der Waals surface area contributed by atoms with Gasteiger partial charge in [0.15, 0.2) is 15.7 Å². The quantitative estimate of drug-likeness (QED) is 0.840. The molecule has 2 amide bonds. The highest BCUT2D eigenvalue weighted by atomic mass is 32.2. The Kier molecular flexibility index (Phi) is 3.78. The molecule has 4 rings (SSSR count). The molecule has 0 bridgehead atoms. The van der Waals surface area contributed by atoms with Crippen LogP contribution >= 0.6 is 0 Å². The largest absolute Gasteiger partial charge is 0.339 e. The minimum absolute atomic E-state index is 0.0153. The van der Waals surface area contributed by atoms with Gasteiger partial charge in [0.1, 0.15) is 5.54 Å². The first-order valence-electron chi connectivity index (χ1n) is 8.59. The molecule has 1 unspecified atom stereocenters. The second-order valence-electron chi connectivity index (χ2n) is 7.22. The van der Waals surface area contributed by atoms with Crippen molar-refractivity contribution in [3.63, 3.8) is 0 Å². The Bertz CT molecular complexity index is 734. The van der Waals surface area contributed by atoms with E-state index in [4.69, 9.17) is 4.52 Å². The average molecular weight is 354 g/mol. The summed E-state index contributed by atoms with van der Waals surface area (Å²) in [6.45, 7) is 0. The first-order chi connectivity index (χ1) is 11.5. The van der Waals surface area contributed by atoms with Gasteiger partial charge in [-0.1, -0.05) is 18.0 Å². The van der Waals surface area contributed by atoms with Crippen LogP contribution in [0.3, 0.4) is 0 Å². The summed E-state index contributed by atoms with van der Waals surface area (Å²) in [6, 6.07) is -0.669. The standard InChI is InChI=1S/C15H22N4O4S/c20-14(16-11-5-8-24(21,22)9-11)18-15(6-1-2-7-15)13-17-12(23-19-13)10-3-4-10/h10-11H,1-9H2,(H2,16,18,20). The monoisotopic (exact) mass is 354 g/mol. The fraction of sp³-hybridized carbons (Fsp3) is 0.800. The Balaban J connectivity index is 1.45. The predicted molar refractivity (Wildman–Crippen MR) is 85.1 cm³/mol. The van der Waals surface area contributed by atoms with Crippen molar-refractivity contribution in [3.8, 4) is 0 Å². The highest BCUT2D eigenvalue weighted by molar-refractivity contribution is 7.91. The number of amides is 2. The van der Waals surface area contributed by atoms with Crippen molar-refractivity contribution < 1.29 is 17.7 Å². The van der Waals surface area contributed by atoms with Gasteiger partial charge < -0.3 is 15.2 Å². The first kappa shape index (κ1) is 15.9. The summed E-state index contributed by atoms with van der Waals surface area (Å²) in [6.07, 6.45) is 6.16. The summed E-state index contributed by atoms with van der Waals surface area (Å²) in [4.78, 5) is 16.9. The number of hydrogen-bond donors (Lipinski definition) is 2. The molecule has 8 nitrogen and oxygen atoms in total. The molecule has 1 aromatic heterocycles. The van der Waals surface area contributed by atoms with Crippen LogP contribution < -0.4 is 10.6 Å². The van der Waals surface area contributed by atoms with Gasteiger partial charge in [0.2, 0.25) is 5.89 Å². The van der Waals surface area contributed by atoms with Gasteiger partial charge in [-0.05, 0) is 32.1 Å². The number of sulfone groups is 1. The number of aromatic nitrogens is 2. The van der Waals surface area contributed by atoms with E-state index in [9.17, 15) is 13.2 Å². The van der Waals surface area contributed by atoms with Gasteiger partial charge in [0.05, 0.1) is 11.5 Å². The zero-order chi connectivity index (χ0) is 16.8. The van der Waals surface area contributed by atoms with Crippen molar-refractivity contribution in [2.75, 3.05) is 11.5 Å².